The molecule has 0 atom stereocenters. The van der Waals surface area contributed by atoms with E-state index in [0.29, 0.717) is 24.1 Å². The predicted molar refractivity (Wildman–Crippen MR) is 76.1 cm³/mol. The summed E-state index contributed by atoms with van der Waals surface area (Å²) in [7, 11) is 0. The maximum atomic E-state index is 11.6. The SMILES string of the molecule is NCCc1ccc(Oc2cc(=O)[nH]c(C3CC3)n2)cc1. The van der Waals surface area contributed by atoms with E-state index < -0.39 is 0 Å². The van der Waals surface area contributed by atoms with Gasteiger partial charge in [-0.05, 0) is 43.5 Å². The minimum absolute atomic E-state index is 0.170. The molecule has 20 heavy (non-hydrogen) atoms. The number of aromatic nitrogens is 2. The molecule has 0 spiro atoms. The second kappa shape index (κ2) is 5.46. The highest BCUT2D eigenvalue weighted by Gasteiger charge is 2.26. The maximum absolute atomic E-state index is 11.6. The first-order chi connectivity index (χ1) is 9.74. The highest BCUT2D eigenvalue weighted by atomic mass is 16.5. The first kappa shape index (κ1) is 12.9. The number of hydrogen-bond donors (Lipinski definition) is 2. The lowest BCUT2D eigenvalue weighted by Gasteiger charge is -2.06. The summed E-state index contributed by atoms with van der Waals surface area (Å²) >= 11 is 0. The zero-order chi connectivity index (χ0) is 13.9. The van der Waals surface area contributed by atoms with Crippen LogP contribution in [0.2, 0.25) is 0 Å². The van der Waals surface area contributed by atoms with Crippen LogP contribution in [0.3, 0.4) is 0 Å². The molecule has 0 aliphatic heterocycles. The number of benzene rings is 1. The lowest BCUT2D eigenvalue weighted by molar-refractivity contribution is 0.457. The van der Waals surface area contributed by atoms with E-state index in [1.54, 1.807) is 0 Å². The summed E-state index contributed by atoms with van der Waals surface area (Å²) in [4.78, 5) is 18.7. The Bertz CT molecular complexity index is 645. The second-order valence-corrected chi connectivity index (χ2v) is 5.03. The third-order valence-electron chi connectivity index (χ3n) is 3.28. The van der Waals surface area contributed by atoms with Crippen LogP contribution in [0.5, 0.6) is 11.6 Å². The molecule has 1 aliphatic rings. The van der Waals surface area contributed by atoms with Crippen molar-refractivity contribution in [1.29, 1.82) is 0 Å². The standard InChI is InChI=1S/C15H17N3O2/c16-8-7-10-1-5-12(6-2-10)20-14-9-13(19)17-15(18-14)11-3-4-11/h1-2,5-6,9,11H,3-4,7-8,16H2,(H,17,18,19). The average molecular weight is 271 g/mol. The van der Waals surface area contributed by atoms with Crippen LogP contribution in [0.1, 0.15) is 30.1 Å². The van der Waals surface area contributed by atoms with Gasteiger partial charge in [-0.15, -0.1) is 0 Å². The molecule has 0 saturated heterocycles. The van der Waals surface area contributed by atoms with Crippen molar-refractivity contribution in [3.8, 4) is 11.6 Å². The Morgan fingerprint density at radius 2 is 2.05 bits per heavy atom. The third-order valence-corrected chi connectivity index (χ3v) is 3.28. The van der Waals surface area contributed by atoms with Gasteiger partial charge in [-0.1, -0.05) is 12.1 Å². The van der Waals surface area contributed by atoms with Crippen LogP contribution >= 0.6 is 0 Å². The van der Waals surface area contributed by atoms with Crippen LogP contribution in [0, 0.1) is 0 Å². The quantitative estimate of drug-likeness (QED) is 0.870. The van der Waals surface area contributed by atoms with Gasteiger partial charge in [-0.3, -0.25) is 4.79 Å². The fraction of sp³-hybridized carbons (Fsp3) is 0.333. The van der Waals surface area contributed by atoms with Gasteiger partial charge in [0.2, 0.25) is 5.88 Å². The van der Waals surface area contributed by atoms with Crippen LogP contribution in [0.15, 0.2) is 35.1 Å². The Morgan fingerprint density at radius 3 is 2.70 bits per heavy atom. The summed E-state index contributed by atoms with van der Waals surface area (Å²) in [6.45, 7) is 0.626. The molecule has 104 valence electrons. The summed E-state index contributed by atoms with van der Waals surface area (Å²) in [5.41, 5.74) is 6.50. The van der Waals surface area contributed by atoms with Crippen molar-refractivity contribution in [3.05, 3.63) is 52.1 Å². The number of nitrogens with one attached hydrogen (secondary N) is 1. The fourth-order valence-corrected chi connectivity index (χ4v) is 2.07. The van der Waals surface area contributed by atoms with Gasteiger partial charge in [-0.2, -0.15) is 4.98 Å². The van der Waals surface area contributed by atoms with E-state index >= 15 is 0 Å². The van der Waals surface area contributed by atoms with Gasteiger partial charge in [0, 0.05) is 5.92 Å². The van der Waals surface area contributed by atoms with Gasteiger partial charge in [0.1, 0.15) is 11.6 Å². The van der Waals surface area contributed by atoms with E-state index in [1.807, 2.05) is 24.3 Å². The summed E-state index contributed by atoms with van der Waals surface area (Å²) in [5, 5.41) is 0. The van der Waals surface area contributed by atoms with Crippen LogP contribution in [-0.4, -0.2) is 16.5 Å². The van der Waals surface area contributed by atoms with Crippen LogP contribution < -0.4 is 16.0 Å². The molecule has 1 aromatic heterocycles. The molecule has 0 bridgehead atoms. The minimum atomic E-state index is -0.170. The Labute approximate surface area is 116 Å². The van der Waals surface area contributed by atoms with Gasteiger partial charge in [-0.25, -0.2) is 0 Å². The second-order valence-electron chi connectivity index (χ2n) is 5.03. The largest absolute Gasteiger partial charge is 0.439 e. The van der Waals surface area contributed by atoms with Crippen molar-refractivity contribution >= 4 is 0 Å². The third kappa shape index (κ3) is 3.05. The van der Waals surface area contributed by atoms with Crippen molar-refractivity contribution in [3.63, 3.8) is 0 Å². The Balaban J connectivity index is 1.78. The molecule has 1 aromatic carbocycles. The average Bonchev–Trinajstić information content (AvgIpc) is 3.25. The number of H-pyrrole nitrogens is 1. The molecular formula is C15H17N3O2. The summed E-state index contributed by atoms with van der Waals surface area (Å²) in [6, 6.07) is 9.04. The topological polar surface area (TPSA) is 81.0 Å². The van der Waals surface area contributed by atoms with Crippen molar-refractivity contribution in [1.82, 2.24) is 9.97 Å². The molecule has 5 heteroatoms. The van der Waals surface area contributed by atoms with Gasteiger partial charge in [0.25, 0.3) is 5.56 Å². The van der Waals surface area contributed by atoms with Gasteiger partial charge in [0.05, 0.1) is 6.07 Å². The Morgan fingerprint density at radius 1 is 1.30 bits per heavy atom. The van der Waals surface area contributed by atoms with Crippen molar-refractivity contribution in [2.75, 3.05) is 6.54 Å². The van der Waals surface area contributed by atoms with Gasteiger partial charge in [0.15, 0.2) is 0 Å². The maximum Gasteiger partial charge on any atom is 0.254 e. The first-order valence-corrected chi connectivity index (χ1v) is 6.83. The molecule has 0 unspecified atom stereocenters. The lowest BCUT2D eigenvalue weighted by atomic mass is 10.1. The minimum Gasteiger partial charge on any atom is -0.439 e. The highest BCUT2D eigenvalue weighted by molar-refractivity contribution is 5.30. The molecule has 1 aliphatic carbocycles. The number of rotatable bonds is 5. The number of ether oxygens (including phenoxy) is 1. The molecule has 0 amide bonds. The molecule has 1 saturated carbocycles. The zero-order valence-corrected chi connectivity index (χ0v) is 11.1. The normalized spacial score (nSPS) is 14.2. The molecule has 1 fully saturated rings. The van der Waals surface area contributed by atoms with Crippen LogP contribution in [0.4, 0.5) is 0 Å². The Hall–Kier alpha value is -2.14. The monoisotopic (exact) mass is 271 g/mol. The molecule has 1 heterocycles. The van der Waals surface area contributed by atoms with E-state index in [4.69, 9.17) is 10.5 Å². The molecule has 3 N–H and O–H groups in total. The molecule has 3 rings (SSSR count). The highest BCUT2D eigenvalue weighted by Crippen LogP contribution is 2.38. The smallest absolute Gasteiger partial charge is 0.254 e. The molecular weight excluding hydrogens is 254 g/mol. The van der Waals surface area contributed by atoms with Crippen molar-refractivity contribution in [2.45, 2.75) is 25.2 Å². The molecule has 2 aromatic rings. The summed E-state index contributed by atoms with van der Waals surface area (Å²) in [6.07, 6.45) is 3.01. The number of aromatic amines is 1. The predicted octanol–water partition coefficient (Wildman–Crippen LogP) is 1.94. The molecule has 5 nitrogen and oxygen atoms in total. The fourth-order valence-electron chi connectivity index (χ4n) is 2.07. The number of nitrogens with zero attached hydrogens (tertiary/aromatic N) is 1. The van der Waals surface area contributed by atoms with Crippen molar-refractivity contribution in [2.24, 2.45) is 5.73 Å². The van der Waals surface area contributed by atoms with E-state index in [2.05, 4.69) is 9.97 Å². The molecule has 0 radical (unpaired) electrons. The van der Waals surface area contributed by atoms with Gasteiger partial charge < -0.3 is 15.5 Å². The number of nitrogens with two attached hydrogens (primary N) is 1. The van der Waals surface area contributed by atoms with E-state index in [1.165, 1.54) is 6.07 Å². The van der Waals surface area contributed by atoms with Crippen molar-refractivity contribution < 1.29 is 4.74 Å². The Kier molecular flexibility index (Phi) is 3.52. The lowest BCUT2D eigenvalue weighted by Crippen LogP contribution is -2.10. The van der Waals surface area contributed by atoms with Crippen LogP contribution in [0.25, 0.3) is 0 Å². The van der Waals surface area contributed by atoms with Gasteiger partial charge >= 0.3 is 0 Å². The van der Waals surface area contributed by atoms with E-state index in [9.17, 15) is 4.79 Å². The zero-order valence-electron chi connectivity index (χ0n) is 11.1. The van der Waals surface area contributed by atoms with E-state index in [-0.39, 0.29) is 5.56 Å². The summed E-state index contributed by atoms with van der Waals surface area (Å²) in [5.74, 6) is 2.14. The first-order valence-electron chi connectivity index (χ1n) is 6.83. The number of hydrogen-bond acceptors (Lipinski definition) is 4. The van der Waals surface area contributed by atoms with E-state index in [0.717, 1.165) is 30.7 Å². The summed E-state index contributed by atoms with van der Waals surface area (Å²) < 4.78 is 5.65. The van der Waals surface area contributed by atoms with Crippen LogP contribution in [-0.2, 0) is 6.42 Å².